The number of nitrogens with one attached hydrogen (secondary N) is 1. The van der Waals surface area contributed by atoms with Crippen molar-refractivity contribution >= 4 is 9.76 Å². The highest BCUT2D eigenvalue weighted by molar-refractivity contribution is 6.27. The van der Waals surface area contributed by atoms with Gasteiger partial charge in [0.15, 0.2) is 9.76 Å². The molecule has 0 amide bonds. The van der Waals surface area contributed by atoms with Gasteiger partial charge < -0.3 is 19.5 Å². The van der Waals surface area contributed by atoms with Crippen molar-refractivity contribution in [1.29, 1.82) is 0 Å². The molecule has 1 N–H and O–H groups in total. The molecule has 1 unspecified atom stereocenters. The standard InChI is InChI=1S/C23H53N3OSi/c1-7-14-22(6)27-28-21-20-26(17-12-15-24-23(9-3)10-4)19-13-18-25(11-5)16-8-2/h22-24H,7-21,28H2,1-6H3. The Bertz CT molecular complexity index is 316. The fourth-order valence-corrected chi connectivity index (χ4v) is 5.16. The Labute approximate surface area is 180 Å². The molecule has 0 aromatic rings. The van der Waals surface area contributed by atoms with Gasteiger partial charge in [-0.05, 0) is 97.3 Å². The molecule has 1 atom stereocenters. The summed E-state index contributed by atoms with van der Waals surface area (Å²) in [4.78, 5) is 5.30. The Morgan fingerprint density at radius 1 is 0.821 bits per heavy atom. The second-order valence-corrected chi connectivity index (χ2v) is 9.72. The Morgan fingerprint density at radius 3 is 2.11 bits per heavy atom. The van der Waals surface area contributed by atoms with Crippen LogP contribution in [-0.2, 0) is 4.43 Å². The van der Waals surface area contributed by atoms with E-state index in [0.29, 0.717) is 12.1 Å². The van der Waals surface area contributed by atoms with Gasteiger partial charge in [0.25, 0.3) is 0 Å². The number of hydrogen-bond acceptors (Lipinski definition) is 4. The first-order valence-electron chi connectivity index (χ1n) is 12.4. The highest BCUT2D eigenvalue weighted by Crippen LogP contribution is 2.04. The molecule has 0 saturated carbocycles. The topological polar surface area (TPSA) is 27.7 Å². The van der Waals surface area contributed by atoms with Crippen molar-refractivity contribution in [2.24, 2.45) is 0 Å². The van der Waals surface area contributed by atoms with E-state index in [9.17, 15) is 0 Å². The second kappa shape index (κ2) is 20.3. The summed E-state index contributed by atoms with van der Waals surface area (Å²) in [6.45, 7) is 22.2. The third-order valence-electron chi connectivity index (χ3n) is 5.72. The van der Waals surface area contributed by atoms with Crippen LogP contribution in [0.1, 0.15) is 86.5 Å². The summed E-state index contributed by atoms with van der Waals surface area (Å²) in [5.74, 6) is 0. The van der Waals surface area contributed by atoms with Crippen molar-refractivity contribution in [3.8, 4) is 0 Å². The smallest absolute Gasteiger partial charge is 0.163 e. The van der Waals surface area contributed by atoms with Crippen molar-refractivity contribution < 1.29 is 4.43 Å². The van der Waals surface area contributed by atoms with E-state index in [4.69, 9.17) is 4.43 Å². The first kappa shape index (κ1) is 28.1. The number of hydrogen-bond donors (Lipinski definition) is 1. The first-order chi connectivity index (χ1) is 13.6. The second-order valence-electron chi connectivity index (χ2n) is 8.27. The zero-order valence-corrected chi connectivity index (χ0v) is 21.7. The van der Waals surface area contributed by atoms with E-state index >= 15 is 0 Å². The molecule has 0 saturated heterocycles. The van der Waals surface area contributed by atoms with Gasteiger partial charge in [-0.15, -0.1) is 0 Å². The molecule has 0 rings (SSSR count). The molecule has 0 aliphatic rings. The van der Waals surface area contributed by atoms with Gasteiger partial charge in [0.1, 0.15) is 0 Å². The monoisotopic (exact) mass is 415 g/mol. The van der Waals surface area contributed by atoms with Gasteiger partial charge in [-0.1, -0.05) is 41.0 Å². The zero-order chi connectivity index (χ0) is 21.0. The van der Waals surface area contributed by atoms with Crippen molar-refractivity contribution in [2.75, 3.05) is 45.8 Å². The van der Waals surface area contributed by atoms with Crippen molar-refractivity contribution in [3.05, 3.63) is 0 Å². The molecule has 4 nitrogen and oxygen atoms in total. The van der Waals surface area contributed by atoms with Crippen LogP contribution in [0.4, 0.5) is 0 Å². The lowest BCUT2D eigenvalue weighted by Gasteiger charge is -2.25. The van der Waals surface area contributed by atoms with Gasteiger partial charge in [-0.2, -0.15) is 0 Å². The first-order valence-corrected chi connectivity index (χ1v) is 14.0. The average molecular weight is 416 g/mol. The molecule has 170 valence electrons. The Kier molecular flexibility index (Phi) is 20.4. The lowest BCUT2D eigenvalue weighted by molar-refractivity contribution is 0.211. The summed E-state index contributed by atoms with van der Waals surface area (Å²) in [7, 11) is -0.367. The van der Waals surface area contributed by atoms with Crippen LogP contribution in [-0.4, -0.2) is 77.5 Å². The summed E-state index contributed by atoms with van der Waals surface area (Å²) in [5.41, 5.74) is 0. The van der Waals surface area contributed by atoms with Crippen molar-refractivity contribution in [3.63, 3.8) is 0 Å². The SMILES string of the molecule is CCCC(C)O[SiH2]CCN(CCCNC(CC)CC)CCCN(CC)CCC. The summed E-state index contributed by atoms with van der Waals surface area (Å²) in [5, 5.41) is 3.72. The zero-order valence-electron chi connectivity index (χ0n) is 20.3. The molecule has 0 bridgehead atoms. The van der Waals surface area contributed by atoms with Crippen LogP contribution in [0.15, 0.2) is 0 Å². The Morgan fingerprint density at radius 2 is 1.50 bits per heavy atom. The maximum atomic E-state index is 6.10. The van der Waals surface area contributed by atoms with E-state index in [0.717, 1.165) is 6.54 Å². The highest BCUT2D eigenvalue weighted by atomic mass is 28.2. The summed E-state index contributed by atoms with van der Waals surface area (Å²) in [6.07, 6.45) is 9.21. The molecule has 0 aliphatic carbocycles. The molecule has 0 fully saturated rings. The van der Waals surface area contributed by atoms with Crippen LogP contribution < -0.4 is 5.32 Å². The van der Waals surface area contributed by atoms with Gasteiger partial charge in [0.05, 0.1) is 0 Å². The van der Waals surface area contributed by atoms with E-state index in [1.807, 2.05) is 0 Å². The molecule has 0 aliphatic heterocycles. The third-order valence-corrected chi connectivity index (χ3v) is 7.13. The highest BCUT2D eigenvalue weighted by Gasteiger charge is 2.09. The molecule has 0 radical (unpaired) electrons. The van der Waals surface area contributed by atoms with Crippen LogP contribution in [0.3, 0.4) is 0 Å². The van der Waals surface area contributed by atoms with Crippen molar-refractivity contribution in [1.82, 2.24) is 15.1 Å². The molecule has 0 aromatic carbocycles. The minimum Gasteiger partial charge on any atom is -0.421 e. The third kappa shape index (κ3) is 15.9. The largest absolute Gasteiger partial charge is 0.421 e. The molecule has 5 heteroatoms. The van der Waals surface area contributed by atoms with E-state index in [-0.39, 0.29) is 9.76 Å². The summed E-state index contributed by atoms with van der Waals surface area (Å²) >= 11 is 0. The van der Waals surface area contributed by atoms with Gasteiger partial charge in [0.2, 0.25) is 0 Å². The van der Waals surface area contributed by atoms with Crippen molar-refractivity contribution in [2.45, 2.75) is 105 Å². The maximum absolute atomic E-state index is 6.10. The fourth-order valence-electron chi connectivity index (χ4n) is 3.85. The minimum atomic E-state index is -0.367. The lowest BCUT2D eigenvalue weighted by atomic mass is 10.2. The van der Waals surface area contributed by atoms with Gasteiger partial charge >= 0.3 is 0 Å². The van der Waals surface area contributed by atoms with Gasteiger partial charge in [-0.3, -0.25) is 0 Å². The van der Waals surface area contributed by atoms with Crippen LogP contribution in [0.25, 0.3) is 0 Å². The number of nitrogens with zero attached hydrogens (tertiary/aromatic N) is 2. The molecular formula is C23H53N3OSi. The Balaban J connectivity index is 4.21. The summed E-state index contributed by atoms with van der Waals surface area (Å²) < 4.78 is 6.10. The van der Waals surface area contributed by atoms with E-state index < -0.39 is 0 Å². The quantitative estimate of drug-likeness (QED) is 0.224. The van der Waals surface area contributed by atoms with Crippen LogP contribution in [0.2, 0.25) is 6.04 Å². The average Bonchev–Trinajstić information content (AvgIpc) is 2.70. The minimum absolute atomic E-state index is 0.367. The van der Waals surface area contributed by atoms with Crippen LogP contribution in [0.5, 0.6) is 0 Å². The van der Waals surface area contributed by atoms with Gasteiger partial charge in [-0.25, -0.2) is 0 Å². The summed E-state index contributed by atoms with van der Waals surface area (Å²) in [6, 6.07) is 1.99. The molecule has 0 aromatic heterocycles. The lowest BCUT2D eigenvalue weighted by Crippen LogP contribution is -2.35. The Hall–Kier alpha value is 0.0569. The predicted molar refractivity (Wildman–Crippen MR) is 129 cm³/mol. The molecule has 0 heterocycles. The molecular weight excluding hydrogens is 362 g/mol. The van der Waals surface area contributed by atoms with Gasteiger partial charge in [0, 0.05) is 12.1 Å². The molecule has 28 heavy (non-hydrogen) atoms. The molecule has 0 spiro atoms. The predicted octanol–water partition coefficient (Wildman–Crippen LogP) is 4.29. The van der Waals surface area contributed by atoms with Crippen LogP contribution >= 0.6 is 0 Å². The number of rotatable bonds is 21. The van der Waals surface area contributed by atoms with E-state index in [2.05, 4.69) is 56.7 Å². The normalized spacial score (nSPS) is 13.6. The maximum Gasteiger partial charge on any atom is 0.163 e. The van der Waals surface area contributed by atoms with Crippen LogP contribution in [0, 0.1) is 0 Å². The van der Waals surface area contributed by atoms with E-state index in [1.165, 1.54) is 90.3 Å². The van der Waals surface area contributed by atoms with E-state index in [1.54, 1.807) is 0 Å². The fraction of sp³-hybridized carbons (Fsp3) is 1.00.